The molecule has 2 aromatic heterocycles. The van der Waals surface area contributed by atoms with Gasteiger partial charge in [0.25, 0.3) is 0 Å². The Balaban J connectivity index is 1.80. The molecule has 0 atom stereocenters. The largest absolute Gasteiger partial charge is 0.493 e. The third-order valence-corrected chi connectivity index (χ3v) is 5.19. The molecule has 0 bridgehead atoms. The molecule has 0 unspecified atom stereocenters. The van der Waals surface area contributed by atoms with Crippen molar-refractivity contribution in [3.8, 4) is 17.1 Å². The lowest BCUT2D eigenvalue weighted by molar-refractivity contribution is 0.450. The van der Waals surface area contributed by atoms with Gasteiger partial charge in [0, 0.05) is 18.0 Å². The maximum absolute atomic E-state index is 10.7. The first-order chi connectivity index (χ1) is 12.8. The number of hydrogen-bond donors (Lipinski definition) is 1. The lowest BCUT2D eigenvalue weighted by atomic mass is 9.91. The molecule has 0 aliphatic heterocycles. The first kappa shape index (κ1) is 13.6. The minimum atomic E-state index is 0.137. The van der Waals surface area contributed by atoms with Crippen LogP contribution in [0.1, 0.15) is 0 Å². The van der Waals surface area contributed by atoms with Gasteiger partial charge in [0.2, 0.25) is 5.88 Å². The van der Waals surface area contributed by atoms with E-state index in [0.29, 0.717) is 11.3 Å². The van der Waals surface area contributed by atoms with Crippen LogP contribution in [0, 0.1) is 0 Å². The van der Waals surface area contributed by atoms with Crippen molar-refractivity contribution in [2.75, 3.05) is 0 Å². The number of imidazole rings is 1. The van der Waals surface area contributed by atoms with E-state index in [2.05, 4.69) is 58.5 Å². The summed E-state index contributed by atoms with van der Waals surface area (Å²) >= 11 is 0. The highest BCUT2D eigenvalue weighted by Crippen LogP contribution is 2.40. The topological polar surface area (TPSA) is 50.4 Å². The SMILES string of the molecule is Oc1c(-c2ccc3ccc4cccc5ccc2c3c45)nc2cnccn12. The third-order valence-electron chi connectivity index (χ3n) is 5.19. The van der Waals surface area contributed by atoms with Crippen LogP contribution < -0.4 is 0 Å². The number of hydrogen-bond acceptors (Lipinski definition) is 3. The Labute approximate surface area is 148 Å². The second kappa shape index (κ2) is 4.70. The van der Waals surface area contributed by atoms with Crippen LogP contribution in [0.25, 0.3) is 49.2 Å². The van der Waals surface area contributed by atoms with Gasteiger partial charge in [0.05, 0.1) is 6.20 Å². The van der Waals surface area contributed by atoms with Crippen molar-refractivity contribution in [3.05, 3.63) is 73.2 Å². The van der Waals surface area contributed by atoms with E-state index >= 15 is 0 Å². The van der Waals surface area contributed by atoms with E-state index < -0.39 is 0 Å². The molecule has 0 amide bonds. The summed E-state index contributed by atoms with van der Waals surface area (Å²) in [5, 5.41) is 17.9. The summed E-state index contributed by atoms with van der Waals surface area (Å²) in [6.45, 7) is 0. The molecule has 0 fully saturated rings. The number of aromatic nitrogens is 3. The zero-order valence-electron chi connectivity index (χ0n) is 13.7. The summed E-state index contributed by atoms with van der Waals surface area (Å²) in [5.74, 6) is 0.137. The minimum Gasteiger partial charge on any atom is -0.493 e. The molecule has 4 nitrogen and oxygen atoms in total. The molecular formula is C22H13N3O. The average molecular weight is 335 g/mol. The van der Waals surface area contributed by atoms with Gasteiger partial charge in [0.15, 0.2) is 5.65 Å². The Hall–Kier alpha value is -3.66. The molecule has 4 heteroatoms. The molecule has 122 valence electrons. The average Bonchev–Trinajstić information content (AvgIpc) is 3.03. The fraction of sp³-hybridized carbons (Fsp3) is 0. The Morgan fingerprint density at radius 3 is 2.35 bits per heavy atom. The normalized spacial score (nSPS) is 12.0. The van der Waals surface area contributed by atoms with Gasteiger partial charge in [-0.15, -0.1) is 0 Å². The first-order valence-corrected chi connectivity index (χ1v) is 8.49. The van der Waals surface area contributed by atoms with Crippen molar-refractivity contribution in [3.63, 3.8) is 0 Å². The second-order valence-electron chi connectivity index (χ2n) is 6.56. The Morgan fingerprint density at radius 1 is 0.808 bits per heavy atom. The quantitative estimate of drug-likeness (QED) is 0.430. The summed E-state index contributed by atoms with van der Waals surface area (Å²) in [4.78, 5) is 8.71. The molecule has 0 aliphatic rings. The molecule has 1 N–H and O–H groups in total. The van der Waals surface area contributed by atoms with Gasteiger partial charge >= 0.3 is 0 Å². The van der Waals surface area contributed by atoms with Crippen molar-refractivity contribution in [1.82, 2.24) is 14.4 Å². The number of aromatic hydroxyl groups is 1. The van der Waals surface area contributed by atoms with Crippen LogP contribution in [-0.2, 0) is 0 Å². The summed E-state index contributed by atoms with van der Waals surface area (Å²) in [6, 6.07) is 19.1. The predicted octanol–water partition coefficient (Wildman–Crippen LogP) is 5.00. The van der Waals surface area contributed by atoms with Gasteiger partial charge in [-0.2, -0.15) is 0 Å². The van der Waals surface area contributed by atoms with Crippen LogP contribution in [0.2, 0.25) is 0 Å². The maximum atomic E-state index is 10.7. The van der Waals surface area contributed by atoms with Crippen LogP contribution in [0.4, 0.5) is 0 Å². The number of rotatable bonds is 1. The van der Waals surface area contributed by atoms with E-state index in [-0.39, 0.29) is 5.88 Å². The van der Waals surface area contributed by atoms with E-state index in [1.165, 1.54) is 26.9 Å². The van der Waals surface area contributed by atoms with Gasteiger partial charge in [-0.05, 0) is 32.3 Å². The van der Waals surface area contributed by atoms with Crippen molar-refractivity contribution in [2.24, 2.45) is 0 Å². The fourth-order valence-corrected chi connectivity index (χ4v) is 4.02. The van der Waals surface area contributed by atoms with Crippen molar-refractivity contribution in [2.45, 2.75) is 0 Å². The molecule has 2 heterocycles. The fourth-order valence-electron chi connectivity index (χ4n) is 4.02. The molecule has 0 saturated carbocycles. The van der Waals surface area contributed by atoms with Crippen LogP contribution in [0.3, 0.4) is 0 Å². The summed E-state index contributed by atoms with van der Waals surface area (Å²) in [5.41, 5.74) is 2.14. The molecule has 0 spiro atoms. The maximum Gasteiger partial charge on any atom is 0.224 e. The highest BCUT2D eigenvalue weighted by Gasteiger charge is 2.17. The molecule has 0 saturated heterocycles. The summed E-state index contributed by atoms with van der Waals surface area (Å²) in [7, 11) is 0. The smallest absolute Gasteiger partial charge is 0.224 e. The van der Waals surface area contributed by atoms with Crippen LogP contribution >= 0.6 is 0 Å². The van der Waals surface area contributed by atoms with E-state index in [0.717, 1.165) is 10.9 Å². The van der Waals surface area contributed by atoms with E-state index in [4.69, 9.17) is 0 Å². The number of benzene rings is 4. The second-order valence-corrected chi connectivity index (χ2v) is 6.56. The van der Waals surface area contributed by atoms with Gasteiger partial charge in [-0.25, -0.2) is 4.98 Å². The molecule has 6 aromatic rings. The minimum absolute atomic E-state index is 0.137. The molecule has 0 radical (unpaired) electrons. The van der Waals surface area contributed by atoms with Crippen molar-refractivity contribution < 1.29 is 5.11 Å². The predicted molar refractivity (Wildman–Crippen MR) is 104 cm³/mol. The van der Waals surface area contributed by atoms with Crippen molar-refractivity contribution >= 4 is 38.0 Å². The van der Waals surface area contributed by atoms with Gasteiger partial charge in [0.1, 0.15) is 5.69 Å². The Kier molecular flexibility index (Phi) is 2.46. The highest BCUT2D eigenvalue weighted by atomic mass is 16.3. The van der Waals surface area contributed by atoms with Gasteiger partial charge < -0.3 is 5.11 Å². The number of nitrogens with zero attached hydrogens (tertiary/aromatic N) is 3. The Bertz CT molecular complexity index is 1430. The summed E-state index contributed by atoms with van der Waals surface area (Å²) < 4.78 is 1.65. The third kappa shape index (κ3) is 1.63. The van der Waals surface area contributed by atoms with E-state index in [1.807, 2.05) is 6.07 Å². The number of fused-ring (bicyclic) bond motifs is 1. The lowest BCUT2D eigenvalue weighted by Crippen LogP contribution is -1.87. The zero-order valence-corrected chi connectivity index (χ0v) is 13.7. The molecule has 4 aromatic carbocycles. The lowest BCUT2D eigenvalue weighted by Gasteiger charge is -2.13. The van der Waals surface area contributed by atoms with Gasteiger partial charge in [-0.1, -0.05) is 54.6 Å². The molecule has 6 rings (SSSR count). The van der Waals surface area contributed by atoms with E-state index in [1.54, 1.807) is 23.0 Å². The monoisotopic (exact) mass is 335 g/mol. The highest BCUT2D eigenvalue weighted by molar-refractivity contribution is 6.25. The molecule has 0 aliphatic carbocycles. The summed E-state index contributed by atoms with van der Waals surface area (Å²) in [6.07, 6.45) is 5.01. The Morgan fingerprint density at radius 2 is 1.54 bits per heavy atom. The van der Waals surface area contributed by atoms with Gasteiger partial charge in [-0.3, -0.25) is 9.38 Å². The van der Waals surface area contributed by atoms with Crippen LogP contribution in [-0.4, -0.2) is 19.5 Å². The zero-order chi connectivity index (χ0) is 17.3. The molecule has 26 heavy (non-hydrogen) atoms. The van der Waals surface area contributed by atoms with Crippen molar-refractivity contribution in [1.29, 1.82) is 0 Å². The standard InChI is InChI=1S/C22H13N3O/c26-22-21(24-18-12-23-10-11-25(18)22)17-9-7-15-5-4-13-2-1-3-14-6-8-16(17)20(15)19(13)14/h1-12,26H. The van der Waals surface area contributed by atoms with Crippen LogP contribution in [0.15, 0.2) is 73.2 Å². The van der Waals surface area contributed by atoms with Crippen LogP contribution in [0.5, 0.6) is 5.88 Å². The molecular weight excluding hydrogens is 322 g/mol. The van der Waals surface area contributed by atoms with E-state index in [9.17, 15) is 5.11 Å². The first-order valence-electron chi connectivity index (χ1n) is 8.49.